The summed E-state index contributed by atoms with van der Waals surface area (Å²) in [5.41, 5.74) is 1.68. The van der Waals surface area contributed by atoms with Crippen LogP contribution in [-0.4, -0.2) is 18.0 Å². The number of aliphatic imine (C=N–C) groups is 1. The third-order valence-electron chi connectivity index (χ3n) is 2.18. The molecule has 0 unspecified atom stereocenters. The molecule has 1 aromatic carbocycles. The van der Waals surface area contributed by atoms with Crippen LogP contribution in [0.4, 0.5) is 5.69 Å². The van der Waals surface area contributed by atoms with E-state index in [2.05, 4.69) is 25.9 Å². The van der Waals surface area contributed by atoms with Gasteiger partial charge in [0.05, 0.1) is 12.8 Å². The number of rotatable bonds is 2. The van der Waals surface area contributed by atoms with Gasteiger partial charge in [-0.1, -0.05) is 18.2 Å². The molecule has 0 radical (unpaired) electrons. The van der Waals surface area contributed by atoms with E-state index in [1.807, 2.05) is 42.5 Å². The molecule has 0 N–H and O–H groups in total. The molecule has 0 saturated carbocycles. The highest BCUT2D eigenvalue weighted by Crippen LogP contribution is 2.22. The van der Waals surface area contributed by atoms with E-state index in [0.29, 0.717) is 10.5 Å². The van der Waals surface area contributed by atoms with Gasteiger partial charge in [0.2, 0.25) is 5.90 Å². The largest absolute Gasteiger partial charge is 0.481 e. The lowest BCUT2D eigenvalue weighted by molar-refractivity contribution is 0.405. The molecule has 4 heteroatoms. The second kappa shape index (κ2) is 5.59. The monoisotopic (exact) mass is 290 g/mol. The van der Waals surface area contributed by atoms with Crippen LogP contribution in [-0.2, 0) is 4.74 Å². The first-order valence-electron chi connectivity index (χ1n) is 5.10. The zero-order valence-electron chi connectivity index (χ0n) is 9.30. The minimum atomic E-state index is 0.569. The van der Waals surface area contributed by atoms with E-state index in [0.717, 1.165) is 11.3 Å². The molecule has 0 saturated heterocycles. The molecule has 0 aliphatic rings. The Morgan fingerprint density at radius 2 is 1.94 bits per heavy atom. The molecule has 0 spiro atoms. The van der Waals surface area contributed by atoms with Crippen molar-refractivity contribution in [2.45, 2.75) is 0 Å². The minimum absolute atomic E-state index is 0.569. The SMILES string of the molecule is COC(=Nc1cccnc1Br)c1ccccc1. The van der Waals surface area contributed by atoms with Gasteiger partial charge in [-0.15, -0.1) is 0 Å². The third kappa shape index (κ3) is 2.91. The summed E-state index contributed by atoms with van der Waals surface area (Å²) in [7, 11) is 1.61. The first kappa shape index (κ1) is 11.8. The number of pyridine rings is 1. The number of hydrogen-bond donors (Lipinski definition) is 0. The molecule has 0 aliphatic carbocycles. The summed E-state index contributed by atoms with van der Waals surface area (Å²) in [5.74, 6) is 0.569. The average Bonchev–Trinajstić information content (AvgIpc) is 2.39. The summed E-state index contributed by atoms with van der Waals surface area (Å²) in [6, 6.07) is 13.5. The van der Waals surface area contributed by atoms with Crippen molar-refractivity contribution in [2.24, 2.45) is 4.99 Å². The lowest BCUT2D eigenvalue weighted by atomic mass is 10.2. The predicted molar refractivity (Wildman–Crippen MR) is 71.6 cm³/mol. The van der Waals surface area contributed by atoms with Crippen molar-refractivity contribution in [3.63, 3.8) is 0 Å². The Hall–Kier alpha value is -1.68. The van der Waals surface area contributed by atoms with Crippen molar-refractivity contribution in [2.75, 3.05) is 7.11 Å². The van der Waals surface area contributed by atoms with Gasteiger partial charge >= 0.3 is 0 Å². The van der Waals surface area contributed by atoms with Gasteiger partial charge in [-0.25, -0.2) is 9.98 Å². The van der Waals surface area contributed by atoms with E-state index in [1.54, 1.807) is 13.3 Å². The number of benzene rings is 1. The maximum atomic E-state index is 5.30. The Morgan fingerprint density at radius 1 is 1.18 bits per heavy atom. The molecule has 86 valence electrons. The maximum absolute atomic E-state index is 5.30. The third-order valence-corrected chi connectivity index (χ3v) is 2.79. The molecule has 0 bridgehead atoms. The molecule has 3 nitrogen and oxygen atoms in total. The first-order chi connectivity index (χ1) is 8.31. The van der Waals surface area contributed by atoms with Crippen molar-refractivity contribution >= 4 is 27.5 Å². The number of halogens is 1. The fourth-order valence-electron chi connectivity index (χ4n) is 1.38. The molecule has 0 amide bonds. The van der Waals surface area contributed by atoms with Crippen LogP contribution in [0.3, 0.4) is 0 Å². The van der Waals surface area contributed by atoms with Gasteiger partial charge in [-0.2, -0.15) is 0 Å². The van der Waals surface area contributed by atoms with Crippen LogP contribution in [0, 0.1) is 0 Å². The summed E-state index contributed by atoms with van der Waals surface area (Å²) in [6.07, 6.45) is 1.71. The van der Waals surface area contributed by atoms with Crippen LogP contribution in [0.2, 0.25) is 0 Å². The van der Waals surface area contributed by atoms with Crippen molar-refractivity contribution < 1.29 is 4.74 Å². The van der Waals surface area contributed by atoms with Gasteiger partial charge in [-0.3, -0.25) is 0 Å². The highest BCUT2D eigenvalue weighted by molar-refractivity contribution is 9.10. The standard InChI is InChI=1S/C13H11BrN2O/c1-17-13(10-6-3-2-4-7-10)16-11-8-5-9-15-12(11)14/h2-9H,1H3. The van der Waals surface area contributed by atoms with Crippen molar-refractivity contribution in [1.82, 2.24) is 4.98 Å². The Balaban J connectivity index is 2.40. The summed E-state index contributed by atoms with van der Waals surface area (Å²) in [5, 5.41) is 0. The highest BCUT2D eigenvalue weighted by Gasteiger charge is 2.04. The molecule has 0 atom stereocenters. The normalized spacial score (nSPS) is 11.3. The van der Waals surface area contributed by atoms with Crippen molar-refractivity contribution in [3.8, 4) is 0 Å². The Morgan fingerprint density at radius 3 is 2.59 bits per heavy atom. The number of nitrogens with zero attached hydrogens (tertiary/aromatic N) is 2. The molecule has 17 heavy (non-hydrogen) atoms. The summed E-state index contributed by atoms with van der Waals surface area (Å²) in [4.78, 5) is 8.55. The Kier molecular flexibility index (Phi) is 3.88. The van der Waals surface area contributed by atoms with Gasteiger partial charge in [-0.05, 0) is 40.2 Å². The average molecular weight is 291 g/mol. The number of hydrogen-bond acceptors (Lipinski definition) is 3. The summed E-state index contributed by atoms with van der Waals surface area (Å²) in [6.45, 7) is 0. The number of ether oxygens (including phenoxy) is 1. The maximum Gasteiger partial charge on any atom is 0.221 e. The lowest BCUT2D eigenvalue weighted by Crippen LogP contribution is -2.02. The molecule has 0 fully saturated rings. The molecule has 2 rings (SSSR count). The predicted octanol–water partition coefficient (Wildman–Crippen LogP) is 3.57. The van der Waals surface area contributed by atoms with Gasteiger partial charge in [0.25, 0.3) is 0 Å². The van der Waals surface area contributed by atoms with E-state index in [1.165, 1.54) is 0 Å². The van der Waals surface area contributed by atoms with E-state index in [4.69, 9.17) is 4.74 Å². The fourth-order valence-corrected chi connectivity index (χ4v) is 1.72. The van der Waals surface area contributed by atoms with Crippen LogP contribution in [0.1, 0.15) is 5.56 Å². The summed E-state index contributed by atoms with van der Waals surface area (Å²) < 4.78 is 6.00. The Labute approximate surface area is 108 Å². The van der Waals surface area contributed by atoms with E-state index < -0.39 is 0 Å². The van der Waals surface area contributed by atoms with E-state index >= 15 is 0 Å². The minimum Gasteiger partial charge on any atom is -0.481 e. The summed E-state index contributed by atoms with van der Waals surface area (Å²) >= 11 is 3.35. The van der Waals surface area contributed by atoms with E-state index in [9.17, 15) is 0 Å². The zero-order valence-corrected chi connectivity index (χ0v) is 10.9. The second-order valence-corrected chi connectivity index (χ2v) is 4.05. The Bertz CT molecular complexity index is 526. The van der Waals surface area contributed by atoms with Crippen LogP contribution in [0.5, 0.6) is 0 Å². The molecule has 2 aromatic rings. The van der Waals surface area contributed by atoms with Crippen molar-refractivity contribution in [3.05, 3.63) is 58.8 Å². The van der Waals surface area contributed by atoms with E-state index in [-0.39, 0.29) is 0 Å². The van der Waals surface area contributed by atoms with Gasteiger partial charge in [0.1, 0.15) is 4.60 Å². The first-order valence-corrected chi connectivity index (χ1v) is 5.89. The van der Waals surface area contributed by atoms with Crippen LogP contribution in [0.15, 0.2) is 58.3 Å². The fraction of sp³-hybridized carbons (Fsp3) is 0.0769. The lowest BCUT2D eigenvalue weighted by Gasteiger charge is -2.05. The van der Waals surface area contributed by atoms with Crippen LogP contribution < -0.4 is 0 Å². The number of methoxy groups -OCH3 is 1. The van der Waals surface area contributed by atoms with Crippen molar-refractivity contribution in [1.29, 1.82) is 0 Å². The molecular formula is C13H11BrN2O. The van der Waals surface area contributed by atoms with Gasteiger partial charge in [0, 0.05) is 11.8 Å². The molecule has 0 aliphatic heterocycles. The molecule has 1 heterocycles. The topological polar surface area (TPSA) is 34.5 Å². The van der Waals surface area contributed by atoms with Crippen LogP contribution in [0.25, 0.3) is 0 Å². The van der Waals surface area contributed by atoms with Gasteiger partial charge < -0.3 is 4.74 Å². The second-order valence-electron chi connectivity index (χ2n) is 3.30. The highest BCUT2D eigenvalue weighted by atomic mass is 79.9. The van der Waals surface area contributed by atoms with Gasteiger partial charge in [0.15, 0.2) is 0 Å². The number of aromatic nitrogens is 1. The van der Waals surface area contributed by atoms with Crippen LogP contribution >= 0.6 is 15.9 Å². The quantitative estimate of drug-likeness (QED) is 0.481. The molecule has 1 aromatic heterocycles. The zero-order chi connectivity index (χ0) is 12.1. The smallest absolute Gasteiger partial charge is 0.221 e. The molecular weight excluding hydrogens is 280 g/mol.